The summed E-state index contributed by atoms with van der Waals surface area (Å²) in [5, 5.41) is 5.82. The Bertz CT molecular complexity index is 615. The third-order valence-electron chi connectivity index (χ3n) is 2.33. The van der Waals surface area contributed by atoms with E-state index < -0.39 is 0 Å². The molecule has 6 heteroatoms. The Balaban J connectivity index is 2.21. The quantitative estimate of drug-likeness (QED) is 0.811. The first-order valence-corrected chi connectivity index (χ1v) is 6.39. The monoisotopic (exact) mass is 320 g/mol. The Morgan fingerprint density at radius 1 is 1.32 bits per heavy atom. The number of rotatable bonds is 3. The first-order valence-electron chi connectivity index (χ1n) is 5.60. The lowest BCUT2D eigenvalue weighted by Crippen LogP contribution is -2.06. The first-order chi connectivity index (χ1) is 9.04. The molecule has 1 aromatic heterocycles. The van der Waals surface area contributed by atoms with Gasteiger partial charge in [-0.1, -0.05) is 6.07 Å². The van der Waals surface area contributed by atoms with Crippen LogP contribution in [0.1, 0.15) is 6.92 Å². The number of nitrogens with zero attached hydrogens (tertiary/aromatic N) is 1. The van der Waals surface area contributed by atoms with Crippen molar-refractivity contribution in [1.29, 1.82) is 0 Å². The van der Waals surface area contributed by atoms with Crippen molar-refractivity contribution in [1.82, 2.24) is 4.98 Å². The minimum Gasteiger partial charge on any atom is -0.396 e. The topological polar surface area (TPSA) is 80.0 Å². The van der Waals surface area contributed by atoms with E-state index in [1.807, 2.05) is 24.3 Å². The summed E-state index contributed by atoms with van der Waals surface area (Å²) in [5.41, 5.74) is 7.92. The van der Waals surface area contributed by atoms with Crippen LogP contribution in [-0.4, -0.2) is 10.9 Å². The number of aromatic nitrogens is 1. The molecule has 0 unspecified atom stereocenters. The number of nitrogens with one attached hydrogen (secondary N) is 2. The third-order valence-corrected chi connectivity index (χ3v) is 2.76. The number of amides is 1. The van der Waals surface area contributed by atoms with Crippen LogP contribution in [-0.2, 0) is 4.79 Å². The van der Waals surface area contributed by atoms with Crippen LogP contribution in [0, 0.1) is 0 Å². The molecule has 0 bridgehead atoms. The number of benzene rings is 1. The fourth-order valence-electron chi connectivity index (χ4n) is 1.57. The number of halogens is 1. The highest BCUT2D eigenvalue weighted by Gasteiger charge is 2.03. The van der Waals surface area contributed by atoms with Gasteiger partial charge in [0.05, 0.1) is 5.69 Å². The van der Waals surface area contributed by atoms with Gasteiger partial charge in [-0.2, -0.15) is 0 Å². The Morgan fingerprint density at radius 3 is 2.74 bits per heavy atom. The van der Waals surface area contributed by atoms with Gasteiger partial charge >= 0.3 is 0 Å². The summed E-state index contributed by atoms with van der Waals surface area (Å²) >= 11 is 3.30. The summed E-state index contributed by atoms with van der Waals surface area (Å²) in [4.78, 5) is 15.2. The average Bonchev–Trinajstić information content (AvgIpc) is 2.32. The molecule has 0 aliphatic heterocycles. The molecular formula is C13H13BrN4O. The van der Waals surface area contributed by atoms with E-state index >= 15 is 0 Å². The Labute approximate surface area is 119 Å². The number of hydrogen-bond donors (Lipinski definition) is 3. The highest BCUT2D eigenvalue weighted by atomic mass is 79.9. The van der Waals surface area contributed by atoms with E-state index in [2.05, 4.69) is 31.5 Å². The van der Waals surface area contributed by atoms with Gasteiger partial charge in [0.25, 0.3) is 0 Å². The second kappa shape index (κ2) is 5.71. The van der Waals surface area contributed by atoms with Crippen LogP contribution in [0.2, 0.25) is 0 Å². The lowest BCUT2D eigenvalue weighted by molar-refractivity contribution is -0.114. The predicted molar refractivity (Wildman–Crippen MR) is 80.4 cm³/mol. The molecule has 98 valence electrons. The molecule has 0 atom stereocenters. The van der Waals surface area contributed by atoms with Crippen LogP contribution >= 0.6 is 15.9 Å². The van der Waals surface area contributed by atoms with E-state index in [0.717, 1.165) is 10.2 Å². The standard InChI is InChI=1S/C13H13BrN4O/c1-8(19)17-10-3-2-4-11(6-10)18-13-12(15)5-9(14)7-16-13/h2-7H,15H2,1H3,(H,16,18)(H,17,19). The maximum atomic E-state index is 11.0. The number of carbonyl (C=O) groups excluding carboxylic acids is 1. The van der Waals surface area contributed by atoms with Crippen molar-refractivity contribution >= 4 is 44.7 Å². The number of anilines is 4. The molecule has 0 aliphatic carbocycles. The van der Waals surface area contributed by atoms with Crippen LogP contribution in [0.3, 0.4) is 0 Å². The van der Waals surface area contributed by atoms with Gasteiger partial charge in [0.2, 0.25) is 5.91 Å². The molecule has 1 amide bonds. The number of hydrogen-bond acceptors (Lipinski definition) is 4. The Hall–Kier alpha value is -2.08. The van der Waals surface area contributed by atoms with E-state index in [-0.39, 0.29) is 5.91 Å². The Kier molecular flexibility index (Phi) is 4.01. The van der Waals surface area contributed by atoms with E-state index in [1.54, 1.807) is 12.3 Å². The zero-order chi connectivity index (χ0) is 13.8. The second-order valence-corrected chi connectivity index (χ2v) is 4.89. The average molecular weight is 321 g/mol. The van der Waals surface area contributed by atoms with Crippen LogP contribution in [0.25, 0.3) is 0 Å². The summed E-state index contributed by atoms with van der Waals surface area (Å²) < 4.78 is 0.822. The van der Waals surface area contributed by atoms with E-state index in [9.17, 15) is 4.79 Å². The van der Waals surface area contributed by atoms with Crippen molar-refractivity contribution in [3.8, 4) is 0 Å². The summed E-state index contributed by atoms with van der Waals surface area (Å²) in [6.07, 6.45) is 1.66. The summed E-state index contributed by atoms with van der Waals surface area (Å²) in [7, 11) is 0. The molecule has 4 N–H and O–H groups in total. The molecule has 0 radical (unpaired) electrons. The lowest BCUT2D eigenvalue weighted by Gasteiger charge is -2.10. The van der Waals surface area contributed by atoms with E-state index in [4.69, 9.17) is 5.73 Å². The zero-order valence-corrected chi connectivity index (χ0v) is 11.9. The minimum atomic E-state index is -0.113. The van der Waals surface area contributed by atoms with Gasteiger partial charge in [0.15, 0.2) is 5.82 Å². The normalized spacial score (nSPS) is 10.0. The SMILES string of the molecule is CC(=O)Nc1cccc(Nc2ncc(Br)cc2N)c1. The molecule has 5 nitrogen and oxygen atoms in total. The summed E-state index contributed by atoms with van der Waals surface area (Å²) in [6, 6.07) is 9.10. The molecular weight excluding hydrogens is 308 g/mol. The van der Waals surface area contributed by atoms with Crippen molar-refractivity contribution in [2.45, 2.75) is 6.92 Å². The van der Waals surface area contributed by atoms with Crippen LogP contribution in [0.4, 0.5) is 22.9 Å². The Morgan fingerprint density at radius 2 is 2.05 bits per heavy atom. The molecule has 1 aromatic carbocycles. The largest absolute Gasteiger partial charge is 0.396 e. The van der Waals surface area contributed by atoms with Crippen molar-refractivity contribution in [3.63, 3.8) is 0 Å². The molecule has 2 aromatic rings. The molecule has 0 fully saturated rings. The summed E-state index contributed by atoms with van der Waals surface area (Å²) in [6.45, 7) is 1.47. The van der Waals surface area contributed by atoms with Gasteiger partial charge in [-0.25, -0.2) is 4.98 Å². The van der Waals surface area contributed by atoms with Gasteiger partial charge in [0.1, 0.15) is 0 Å². The van der Waals surface area contributed by atoms with Crippen molar-refractivity contribution in [2.75, 3.05) is 16.4 Å². The zero-order valence-electron chi connectivity index (χ0n) is 10.3. The lowest BCUT2D eigenvalue weighted by atomic mass is 10.2. The second-order valence-electron chi connectivity index (χ2n) is 3.98. The minimum absolute atomic E-state index is 0.113. The molecule has 0 saturated heterocycles. The van der Waals surface area contributed by atoms with Crippen LogP contribution in [0.5, 0.6) is 0 Å². The molecule has 0 spiro atoms. The molecule has 1 heterocycles. The highest BCUT2D eigenvalue weighted by molar-refractivity contribution is 9.10. The van der Waals surface area contributed by atoms with Crippen LogP contribution < -0.4 is 16.4 Å². The van der Waals surface area contributed by atoms with E-state index in [0.29, 0.717) is 17.2 Å². The molecule has 19 heavy (non-hydrogen) atoms. The van der Waals surface area contributed by atoms with Crippen molar-refractivity contribution in [2.24, 2.45) is 0 Å². The van der Waals surface area contributed by atoms with Crippen molar-refractivity contribution in [3.05, 3.63) is 41.0 Å². The van der Waals surface area contributed by atoms with Crippen molar-refractivity contribution < 1.29 is 4.79 Å². The van der Waals surface area contributed by atoms with E-state index in [1.165, 1.54) is 6.92 Å². The highest BCUT2D eigenvalue weighted by Crippen LogP contribution is 2.24. The smallest absolute Gasteiger partial charge is 0.221 e. The van der Waals surface area contributed by atoms with Gasteiger partial charge in [-0.3, -0.25) is 4.79 Å². The first kappa shape index (κ1) is 13.4. The molecule has 0 aliphatic rings. The molecule has 2 rings (SSSR count). The van der Waals surface area contributed by atoms with Gasteiger partial charge in [-0.15, -0.1) is 0 Å². The number of pyridine rings is 1. The maximum absolute atomic E-state index is 11.0. The summed E-state index contributed by atoms with van der Waals surface area (Å²) in [5.74, 6) is 0.460. The van der Waals surface area contributed by atoms with Crippen LogP contribution in [0.15, 0.2) is 41.0 Å². The number of carbonyl (C=O) groups is 1. The maximum Gasteiger partial charge on any atom is 0.221 e. The number of nitrogens with two attached hydrogens (primary N) is 1. The number of nitrogen functional groups attached to an aromatic ring is 1. The third kappa shape index (κ3) is 3.69. The van der Waals surface area contributed by atoms with Gasteiger partial charge in [0, 0.05) is 29.0 Å². The molecule has 0 saturated carbocycles. The predicted octanol–water partition coefficient (Wildman–Crippen LogP) is 3.13. The van der Waals surface area contributed by atoms with Gasteiger partial charge < -0.3 is 16.4 Å². The fraction of sp³-hybridized carbons (Fsp3) is 0.0769. The van der Waals surface area contributed by atoms with Gasteiger partial charge in [-0.05, 0) is 40.2 Å². The fourth-order valence-corrected chi connectivity index (χ4v) is 1.92.